The summed E-state index contributed by atoms with van der Waals surface area (Å²) in [5, 5.41) is 3.27. The standard InChI is InChI=1S/C11H21NO2/c1-4-14-11(13)7-12-10-6-5-8(2)9(10)3/h8-10,12H,4-7H2,1-3H3. The van der Waals surface area contributed by atoms with Crippen LogP contribution in [0.4, 0.5) is 0 Å². The molecular weight excluding hydrogens is 178 g/mol. The smallest absolute Gasteiger partial charge is 0.319 e. The summed E-state index contributed by atoms with van der Waals surface area (Å²) in [7, 11) is 0. The van der Waals surface area contributed by atoms with E-state index in [4.69, 9.17) is 4.74 Å². The van der Waals surface area contributed by atoms with E-state index in [1.807, 2.05) is 6.92 Å². The van der Waals surface area contributed by atoms with Crippen molar-refractivity contribution in [1.82, 2.24) is 5.32 Å². The Kier molecular flexibility index (Phi) is 4.39. The molecule has 1 N–H and O–H groups in total. The van der Waals surface area contributed by atoms with Crippen molar-refractivity contribution in [3.63, 3.8) is 0 Å². The second-order valence-corrected chi connectivity index (χ2v) is 4.21. The van der Waals surface area contributed by atoms with E-state index in [0.29, 0.717) is 25.1 Å². The molecule has 0 spiro atoms. The van der Waals surface area contributed by atoms with E-state index in [1.54, 1.807) is 0 Å². The van der Waals surface area contributed by atoms with Crippen LogP contribution in [0.15, 0.2) is 0 Å². The van der Waals surface area contributed by atoms with Gasteiger partial charge in [0.1, 0.15) is 0 Å². The fourth-order valence-electron chi connectivity index (χ4n) is 2.08. The summed E-state index contributed by atoms with van der Waals surface area (Å²) >= 11 is 0. The average Bonchev–Trinajstić information content (AvgIpc) is 2.46. The summed E-state index contributed by atoms with van der Waals surface area (Å²) in [6.45, 7) is 7.18. The van der Waals surface area contributed by atoms with E-state index >= 15 is 0 Å². The fraction of sp³-hybridized carbons (Fsp3) is 0.909. The van der Waals surface area contributed by atoms with E-state index < -0.39 is 0 Å². The number of carbonyl (C=O) groups is 1. The van der Waals surface area contributed by atoms with Gasteiger partial charge in [-0.25, -0.2) is 0 Å². The molecule has 82 valence electrons. The van der Waals surface area contributed by atoms with Crippen LogP contribution in [0.25, 0.3) is 0 Å². The number of hydrogen-bond acceptors (Lipinski definition) is 3. The van der Waals surface area contributed by atoms with E-state index in [0.717, 1.165) is 5.92 Å². The fourth-order valence-corrected chi connectivity index (χ4v) is 2.08. The highest BCUT2D eigenvalue weighted by atomic mass is 16.5. The van der Waals surface area contributed by atoms with E-state index in [9.17, 15) is 4.79 Å². The van der Waals surface area contributed by atoms with Gasteiger partial charge in [-0.15, -0.1) is 0 Å². The lowest BCUT2D eigenvalue weighted by Gasteiger charge is -2.18. The number of esters is 1. The Hall–Kier alpha value is -0.570. The summed E-state index contributed by atoms with van der Waals surface area (Å²) in [5.74, 6) is 1.30. The largest absolute Gasteiger partial charge is 0.465 e. The van der Waals surface area contributed by atoms with Crippen molar-refractivity contribution >= 4 is 5.97 Å². The molecule has 3 atom stereocenters. The maximum atomic E-state index is 11.1. The van der Waals surface area contributed by atoms with Crippen LogP contribution in [-0.4, -0.2) is 25.2 Å². The van der Waals surface area contributed by atoms with Crippen LogP contribution < -0.4 is 5.32 Å². The van der Waals surface area contributed by atoms with Crippen molar-refractivity contribution in [2.24, 2.45) is 11.8 Å². The zero-order valence-electron chi connectivity index (χ0n) is 9.38. The monoisotopic (exact) mass is 199 g/mol. The lowest BCUT2D eigenvalue weighted by Crippen LogP contribution is -2.36. The average molecular weight is 199 g/mol. The third kappa shape index (κ3) is 2.98. The van der Waals surface area contributed by atoms with Crippen molar-refractivity contribution in [3.05, 3.63) is 0 Å². The van der Waals surface area contributed by atoms with Crippen molar-refractivity contribution in [3.8, 4) is 0 Å². The zero-order valence-corrected chi connectivity index (χ0v) is 9.38. The predicted molar refractivity (Wildman–Crippen MR) is 56.0 cm³/mol. The van der Waals surface area contributed by atoms with E-state index in [-0.39, 0.29) is 5.97 Å². The SMILES string of the molecule is CCOC(=O)CNC1CCC(C)C1C. The van der Waals surface area contributed by atoms with Crippen LogP contribution in [0.1, 0.15) is 33.6 Å². The van der Waals surface area contributed by atoms with Crippen LogP contribution in [0.3, 0.4) is 0 Å². The van der Waals surface area contributed by atoms with Crippen LogP contribution in [0, 0.1) is 11.8 Å². The number of rotatable bonds is 4. The van der Waals surface area contributed by atoms with Crippen LogP contribution in [-0.2, 0) is 9.53 Å². The summed E-state index contributed by atoms with van der Waals surface area (Å²) in [6, 6.07) is 0.495. The van der Waals surface area contributed by atoms with Gasteiger partial charge in [0.25, 0.3) is 0 Å². The molecule has 3 nitrogen and oxygen atoms in total. The summed E-state index contributed by atoms with van der Waals surface area (Å²) < 4.78 is 4.86. The minimum absolute atomic E-state index is 0.140. The van der Waals surface area contributed by atoms with Crippen molar-refractivity contribution in [2.45, 2.75) is 39.7 Å². The summed E-state index contributed by atoms with van der Waals surface area (Å²) in [4.78, 5) is 11.1. The third-order valence-electron chi connectivity index (χ3n) is 3.28. The van der Waals surface area contributed by atoms with Crippen LogP contribution in [0.5, 0.6) is 0 Å². The molecule has 1 saturated carbocycles. The molecule has 0 radical (unpaired) electrons. The Labute approximate surface area is 86.2 Å². The zero-order chi connectivity index (χ0) is 10.6. The number of nitrogens with one attached hydrogen (secondary N) is 1. The Balaban J connectivity index is 2.22. The number of ether oxygens (including phenoxy) is 1. The van der Waals surface area contributed by atoms with Gasteiger partial charge < -0.3 is 10.1 Å². The summed E-state index contributed by atoms with van der Waals surface area (Å²) in [6.07, 6.45) is 2.45. The Morgan fingerprint density at radius 1 is 1.43 bits per heavy atom. The molecule has 0 aromatic heterocycles. The Morgan fingerprint density at radius 3 is 2.64 bits per heavy atom. The summed E-state index contributed by atoms with van der Waals surface area (Å²) in [5.41, 5.74) is 0. The van der Waals surface area contributed by atoms with E-state index in [1.165, 1.54) is 12.8 Å². The van der Waals surface area contributed by atoms with Gasteiger partial charge in [0.2, 0.25) is 0 Å². The van der Waals surface area contributed by atoms with Gasteiger partial charge in [-0.1, -0.05) is 13.8 Å². The topological polar surface area (TPSA) is 38.3 Å². The Morgan fingerprint density at radius 2 is 2.14 bits per heavy atom. The molecule has 1 aliphatic rings. The minimum Gasteiger partial charge on any atom is -0.465 e. The van der Waals surface area contributed by atoms with Gasteiger partial charge >= 0.3 is 5.97 Å². The predicted octanol–water partition coefficient (Wildman–Crippen LogP) is 1.57. The number of carbonyl (C=O) groups excluding carboxylic acids is 1. The molecule has 1 fully saturated rings. The first-order valence-electron chi connectivity index (χ1n) is 5.54. The van der Waals surface area contributed by atoms with Crippen molar-refractivity contribution < 1.29 is 9.53 Å². The van der Waals surface area contributed by atoms with Gasteiger partial charge in [-0.3, -0.25) is 4.79 Å². The molecule has 0 heterocycles. The van der Waals surface area contributed by atoms with Gasteiger partial charge in [0.05, 0.1) is 13.2 Å². The second-order valence-electron chi connectivity index (χ2n) is 4.21. The number of hydrogen-bond donors (Lipinski definition) is 1. The first-order chi connectivity index (χ1) is 6.65. The molecule has 3 unspecified atom stereocenters. The third-order valence-corrected chi connectivity index (χ3v) is 3.28. The highest BCUT2D eigenvalue weighted by molar-refractivity contribution is 5.71. The van der Waals surface area contributed by atoms with Gasteiger partial charge in [-0.05, 0) is 31.6 Å². The first-order valence-corrected chi connectivity index (χ1v) is 5.54. The molecule has 1 rings (SSSR count). The lowest BCUT2D eigenvalue weighted by atomic mass is 9.98. The molecule has 1 aliphatic carbocycles. The Bertz CT molecular complexity index is 194. The quantitative estimate of drug-likeness (QED) is 0.698. The molecular formula is C11H21NO2. The molecule has 0 aromatic carbocycles. The van der Waals surface area contributed by atoms with Crippen molar-refractivity contribution in [2.75, 3.05) is 13.2 Å². The van der Waals surface area contributed by atoms with Crippen molar-refractivity contribution in [1.29, 1.82) is 0 Å². The van der Waals surface area contributed by atoms with Crippen LogP contribution in [0.2, 0.25) is 0 Å². The first kappa shape index (κ1) is 11.5. The van der Waals surface area contributed by atoms with E-state index in [2.05, 4.69) is 19.2 Å². The molecule has 0 bridgehead atoms. The molecule has 0 aliphatic heterocycles. The second kappa shape index (κ2) is 5.35. The highest BCUT2D eigenvalue weighted by Gasteiger charge is 2.29. The maximum absolute atomic E-state index is 11.1. The molecule has 14 heavy (non-hydrogen) atoms. The molecule has 0 amide bonds. The van der Waals surface area contributed by atoms with Gasteiger partial charge in [-0.2, -0.15) is 0 Å². The van der Waals surface area contributed by atoms with Gasteiger partial charge in [0.15, 0.2) is 0 Å². The molecule has 0 aromatic rings. The lowest BCUT2D eigenvalue weighted by molar-refractivity contribution is -0.142. The molecule has 3 heteroatoms. The highest BCUT2D eigenvalue weighted by Crippen LogP contribution is 2.30. The molecule has 0 saturated heterocycles. The van der Waals surface area contributed by atoms with Crippen LogP contribution >= 0.6 is 0 Å². The van der Waals surface area contributed by atoms with Gasteiger partial charge in [0, 0.05) is 6.04 Å². The normalized spacial score (nSPS) is 31.8. The minimum atomic E-state index is -0.140. The maximum Gasteiger partial charge on any atom is 0.319 e.